The average Bonchev–Trinajstić information content (AvgIpc) is 3.16. The van der Waals surface area contributed by atoms with Gasteiger partial charge in [-0.25, -0.2) is 9.97 Å². The van der Waals surface area contributed by atoms with Crippen molar-refractivity contribution in [3.63, 3.8) is 0 Å². The summed E-state index contributed by atoms with van der Waals surface area (Å²) in [5, 5.41) is 0. The minimum Gasteiger partial charge on any atom is -0.302 e. The van der Waals surface area contributed by atoms with Crippen LogP contribution in [0.2, 0.25) is 0 Å². The number of aromatic nitrogens is 2. The summed E-state index contributed by atoms with van der Waals surface area (Å²) in [6, 6.07) is 19.4. The van der Waals surface area contributed by atoms with E-state index in [2.05, 4.69) is 119 Å². The second-order valence-corrected chi connectivity index (χ2v) is 10.2. The molecule has 0 aliphatic carbocycles. The predicted molar refractivity (Wildman–Crippen MR) is 138 cm³/mol. The number of nitrogens with zero attached hydrogens (tertiary/aromatic N) is 4. The van der Waals surface area contributed by atoms with Crippen molar-refractivity contribution in [3.8, 4) is 0 Å². The monoisotopic (exact) mass is 438 g/mol. The van der Waals surface area contributed by atoms with Crippen LogP contribution in [0.1, 0.15) is 70.3 Å². The fourth-order valence-electron chi connectivity index (χ4n) is 5.54. The van der Waals surface area contributed by atoms with Crippen LogP contribution in [0.25, 0.3) is 0 Å². The second-order valence-electron chi connectivity index (χ2n) is 10.2. The first-order chi connectivity index (χ1) is 15.8. The lowest BCUT2D eigenvalue weighted by Crippen LogP contribution is -2.54. The third-order valence-corrected chi connectivity index (χ3v) is 7.59. The Bertz CT molecular complexity index is 1200. The van der Waals surface area contributed by atoms with Crippen LogP contribution in [0, 0.1) is 5.92 Å². The molecule has 3 unspecified atom stereocenters. The lowest BCUT2D eigenvalue weighted by Gasteiger charge is -2.49. The van der Waals surface area contributed by atoms with Crippen LogP contribution in [0.3, 0.4) is 0 Å². The molecule has 2 aromatic carbocycles. The van der Waals surface area contributed by atoms with Gasteiger partial charge < -0.3 is 9.80 Å². The fourth-order valence-corrected chi connectivity index (χ4v) is 5.54. The Labute approximate surface area is 198 Å². The smallest absolute Gasteiger partial charge is 0.178 e. The molecule has 3 aromatic rings. The Hall–Kier alpha value is -3.14. The van der Waals surface area contributed by atoms with Crippen molar-refractivity contribution in [1.82, 2.24) is 9.97 Å². The lowest BCUT2D eigenvalue weighted by molar-refractivity contribution is 0.312. The average molecular weight is 439 g/mol. The Balaban J connectivity index is 1.85. The molecule has 3 atom stereocenters. The van der Waals surface area contributed by atoms with Gasteiger partial charge in [0.05, 0.1) is 11.4 Å². The van der Waals surface area contributed by atoms with Crippen molar-refractivity contribution in [2.24, 2.45) is 5.92 Å². The van der Waals surface area contributed by atoms with E-state index in [0.29, 0.717) is 11.8 Å². The Morgan fingerprint density at radius 2 is 1.39 bits per heavy atom. The zero-order chi connectivity index (χ0) is 23.5. The van der Waals surface area contributed by atoms with E-state index in [1.165, 1.54) is 11.3 Å². The topological polar surface area (TPSA) is 32.3 Å². The van der Waals surface area contributed by atoms with Gasteiger partial charge in [0.2, 0.25) is 0 Å². The first kappa shape index (κ1) is 21.7. The van der Waals surface area contributed by atoms with Crippen molar-refractivity contribution >= 4 is 23.0 Å². The summed E-state index contributed by atoms with van der Waals surface area (Å²) in [5.74, 6) is 2.78. The summed E-state index contributed by atoms with van der Waals surface area (Å²) >= 11 is 0. The highest BCUT2D eigenvalue weighted by Crippen LogP contribution is 2.57. The van der Waals surface area contributed by atoms with E-state index >= 15 is 0 Å². The zero-order valence-corrected chi connectivity index (χ0v) is 20.6. The van der Waals surface area contributed by atoms with E-state index in [4.69, 9.17) is 9.97 Å². The molecule has 0 bridgehead atoms. The van der Waals surface area contributed by atoms with Crippen LogP contribution in [0.4, 0.5) is 23.0 Å². The summed E-state index contributed by atoms with van der Waals surface area (Å²) in [6.45, 7) is 17.8. The molecular formula is C29H34N4. The molecule has 33 heavy (non-hydrogen) atoms. The molecule has 0 amide bonds. The summed E-state index contributed by atoms with van der Waals surface area (Å²) in [5.41, 5.74) is 5.66. The number of rotatable bonds is 4. The number of anilines is 4. The molecule has 2 aliphatic rings. The van der Waals surface area contributed by atoms with E-state index in [-0.39, 0.29) is 17.5 Å². The molecule has 0 saturated carbocycles. The molecule has 0 N–H and O–H groups in total. The Morgan fingerprint density at radius 3 is 1.97 bits per heavy atom. The van der Waals surface area contributed by atoms with Gasteiger partial charge in [0.15, 0.2) is 11.6 Å². The Kier molecular flexibility index (Phi) is 5.08. The van der Waals surface area contributed by atoms with Crippen LogP contribution < -0.4 is 9.80 Å². The van der Waals surface area contributed by atoms with Gasteiger partial charge in [-0.3, -0.25) is 0 Å². The summed E-state index contributed by atoms with van der Waals surface area (Å²) in [7, 11) is 0. The molecular weight excluding hydrogens is 404 g/mol. The number of para-hydroxylation sites is 2. The summed E-state index contributed by atoms with van der Waals surface area (Å²) in [4.78, 5) is 15.5. The SMILES string of the molecule is C=CC1(C)c2ccccc2N2c3nc(C(C)C)c(C(C)C)nc3N(c3ccccc3)C2C1C. The predicted octanol–water partition coefficient (Wildman–Crippen LogP) is 7.43. The fraction of sp³-hybridized carbons (Fsp3) is 0.379. The molecule has 170 valence electrons. The van der Waals surface area contributed by atoms with Crippen LogP contribution in [0.15, 0.2) is 67.3 Å². The van der Waals surface area contributed by atoms with Gasteiger partial charge in [-0.05, 0) is 35.6 Å². The third-order valence-electron chi connectivity index (χ3n) is 7.59. The molecule has 5 rings (SSSR count). The number of benzene rings is 2. The third kappa shape index (κ3) is 3.03. The molecule has 0 spiro atoms. The molecule has 0 fully saturated rings. The molecule has 4 heteroatoms. The number of allylic oxidation sites excluding steroid dienone is 1. The van der Waals surface area contributed by atoms with Crippen LogP contribution in [-0.2, 0) is 5.41 Å². The number of hydrogen-bond acceptors (Lipinski definition) is 4. The van der Waals surface area contributed by atoms with E-state index < -0.39 is 0 Å². The van der Waals surface area contributed by atoms with E-state index in [1.54, 1.807) is 0 Å². The van der Waals surface area contributed by atoms with Gasteiger partial charge in [0.1, 0.15) is 6.17 Å². The van der Waals surface area contributed by atoms with Crippen LogP contribution >= 0.6 is 0 Å². The highest BCUT2D eigenvalue weighted by Gasteiger charge is 2.53. The van der Waals surface area contributed by atoms with Gasteiger partial charge >= 0.3 is 0 Å². The molecule has 2 aliphatic heterocycles. The van der Waals surface area contributed by atoms with Gasteiger partial charge in [-0.2, -0.15) is 0 Å². The van der Waals surface area contributed by atoms with E-state index in [1.807, 2.05) is 0 Å². The molecule has 0 saturated heterocycles. The lowest BCUT2D eigenvalue weighted by atomic mass is 9.68. The van der Waals surface area contributed by atoms with Crippen molar-refractivity contribution < 1.29 is 0 Å². The maximum atomic E-state index is 5.34. The first-order valence-electron chi connectivity index (χ1n) is 12.1. The van der Waals surface area contributed by atoms with Crippen molar-refractivity contribution in [1.29, 1.82) is 0 Å². The number of hydrogen-bond donors (Lipinski definition) is 0. The second kappa shape index (κ2) is 7.72. The summed E-state index contributed by atoms with van der Waals surface area (Å²) < 4.78 is 0. The van der Waals surface area contributed by atoms with E-state index in [0.717, 1.165) is 28.7 Å². The molecule has 3 heterocycles. The highest BCUT2D eigenvalue weighted by atomic mass is 15.5. The molecule has 4 nitrogen and oxygen atoms in total. The van der Waals surface area contributed by atoms with Crippen molar-refractivity contribution in [2.45, 2.75) is 65.0 Å². The quantitative estimate of drug-likeness (QED) is 0.396. The molecule has 1 aromatic heterocycles. The maximum Gasteiger partial charge on any atom is 0.178 e. The van der Waals surface area contributed by atoms with Crippen LogP contribution in [-0.4, -0.2) is 16.1 Å². The van der Waals surface area contributed by atoms with Crippen LogP contribution in [0.5, 0.6) is 0 Å². The van der Waals surface area contributed by atoms with E-state index in [9.17, 15) is 0 Å². The first-order valence-corrected chi connectivity index (χ1v) is 12.1. The standard InChI is InChI=1S/C29H34N4/c1-8-29(7)20(6)28-32(21-14-10-9-11-15-21)26-27(33(28)23-17-13-12-16-22(23)29)31-25(19(4)5)24(30-26)18(2)3/h8-20,28H,1H2,2-7H3. The Morgan fingerprint density at radius 1 is 0.848 bits per heavy atom. The van der Waals surface area contributed by atoms with Gasteiger partial charge in [-0.15, -0.1) is 6.58 Å². The van der Waals surface area contributed by atoms with Gasteiger partial charge in [0.25, 0.3) is 0 Å². The zero-order valence-electron chi connectivity index (χ0n) is 20.6. The van der Waals surface area contributed by atoms with Gasteiger partial charge in [0, 0.05) is 22.7 Å². The van der Waals surface area contributed by atoms with Crippen molar-refractivity contribution in [2.75, 3.05) is 9.80 Å². The number of fused-ring (bicyclic) bond motifs is 5. The molecule has 0 radical (unpaired) electrons. The van der Waals surface area contributed by atoms with Gasteiger partial charge in [-0.1, -0.05) is 84.0 Å². The minimum atomic E-state index is -0.172. The normalized spacial score (nSPS) is 23.5. The van der Waals surface area contributed by atoms with Crippen molar-refractivity contribution in [3.05, 3.63) is 84.2 Å². The highest BCUT2D eigenvalue weighted by molar-refractivity contribution is 5.86. The minimum absolute atomic E-state index is 0.0581. The largest absolute Gasteiger partial charge is 0.302 e. The summed E-state index contributed by atoms with van der Waals surface area (Å²) in [6.07, 6.45) is 2.18. The maximum absolute atomic E-state index is 5.34.